The Bertz CT molecular complexity index is 1180. The van der Waals surface area contributed by atoms with E-state index < -0.39 is 0 Å². The first-order valence-electron chi connectivity index (χ1n) is 9.15. The van der Waals surface area contributed by atoms with Crippen molar-refractivity contribution in [2.45, 2.75) is 39.4 Å². The summed E-state index contributed by atoms with van der Waals surface area (Å²) in [7, 11) is 1.66. The first-order valence-corrected chi connectivity index (χ1v) is 10.9. The van der Waals surface area contributed by atoms with E-state index in [1.165, 1.54) is 15.6 Å². The summed E-state index contributed by atoms with van der Waals surface area (Å²) in [5, 5.41) is 6.88. The van der Waals surface area contributed by atoms with Gasteiger partial charge in [-0.3, -0.25) is 0 Å². The van der Waals surface area contributed by atoms with E-state index in [1.807, 2.05) is 29.5 Å². The zero-order valence-corrected chi connectivity index (χ0v) is 18.6. The Kier molecular flexibility index (Phi) is 4.38. The number of nitrogens with zero attached hydrogens (tertiary/aromatic N) is 6. The van der Waals surface area contributed by atoms with Crippen LogP contribution in [-0.4, -0.2) is 53.4 Å². The minimum absolute atomic E-state index is 0.489. The first kappa shape index (κ1) is 18.0. The Morgan fingerprint density at radius 3 is 2.82 bits per heavy atom. The Labute approximate surface area is 175 Å². The quantitative estimate of drug-likeness (QED) is 0.441. The summed E-state index contributed by atoms with van der Waals surface area (Å²) in [6.45, 7) is 6.86. The number of aromatic nitrogens is 5. The van der Waals surface area contributed by atoms with Crippen molar-refractivity contribution in [3.63, 3.8) is 0 Å². The van der Waals surface area contributed by atoms with Gasteiger partial charge in [-0.15, -0.1) is 0 Å². The Morgan fingerprint density at radius 2 is 2.07 bits per heavy atom. The van der Waals surface area contributed by atoms with Gasteiger partial charge < -0.3 is 0 Å². The van der Waals surface area contributed by atoms with Crippen molar-refractivity contribution < 1.29 is 4.74 Å². The van der Waals surface area contributed by atoms with Crippen molar-refractivity contribution in [1.82, 2.24) is 29.5 Å². The zero-order chi connectivity index (χ0) is 19.4. The molecule has 0 amide bonds. The molecule has 5 rings (SSSR count). The second-order valence-electron chi connectivity index (χ2n) is 7.25. The van der Waals surface area contributed by atoms with Crippen molar-refractivity contribution in [3.05, 3.63) is 39.6 Å². The normalized spacial score (nSPS) is 14.5. The molecule has 9 heteroatoms. The van der Waals surface area contributed by atoms with Gasteiger partial charge in [-0.05, 0) is 0 Å². The van der Waals surface area contributed by atoms with Gasteiger partial charge in [0.25, 0.3) is 0 Å². The SMILES string of the molecule is COc1cccc2c1nc([As])n1nc(CN3Cc4nc(C(C)C)sc4C3)nc21. The first-order chi connectivity index (χ1) is 13.5. The van der Waals surface area contributed by atoms with E-state index in [0.717, 1.165) is 45.8 Å². The number of ether oxygens (including phenoxy) is 1. The number of hydrogen-bond donors (Lipinski definition) is 0. The van der Waals surface area contributed by atoms with Crippen LogP contribution in [0.5, 0.6) is 5.75 Å². The molecule has 3 aromatic heterocycles. The van der Waals surface area contributed by atoms with Crippen LogP contribution in [-0.2, 0) is 19.6 Å². The molecule has 28 heavy (non-hydrogen) atoms. The Morgan fingerprint density at radius 1 is 1.21 bits per heavy atom. The number of benzene rings is 1. The van der Waals surface area contributed by atoms with E-state index in [0.29, 0.717) is 12.5 Å². The van der Waals surface area contributed by atoms with Crippen LogP contribution in [0.2, 0.25) is 0 Å². The summed E-state index contributed by atoms with van der Waals surface area (Å²) in [4.78, 5) is 18.0. The molecule has 0 unspecified atom stereocenters. The van der Waals surface area contributed by atoms with Gasteiger partial charge >= 0.3 is 175 Å². The van der Waals surface area contributed by atoms with Crippen LogP contribution in [0.25, 0.3) is 16.6 Å². The number of para-hydroxylation sites is 1. The van der Waals surface area contributed by atoms with Crippen LogP contribution in [0.15, 0.2) is 18.2 Å². The summed E-state index contributed by atoms with van der Waals surface area (Å²) in [6, 6.07) is 5.88. The van der Waals surface area contributed by atoms with Crippen LogP contribution in [0.4, 0.5) is 0 Å². The van der Waals surface area contributed by atoms with Crippen molar-refractivity contribution in [2.75, 3.05) is 7.11 Å². The number of hydrogen-bond acceptors (Lipinski definition) is 7. The predicted molar refractivity (Wildman–Crippen MR) is 109 cm³/mol. The third kappa shape index (κ3) is 2.91. The van der Waals surface area contributed by atoms with Crippen LogP contribution in [0.3, 0.4) is 0 Å². The molecule has 0 saturated heterocycles. The maximum absolute atomic E-state index is 5.46. The number of methoxy groups -OCH3 is 1. The average molecular weight is 454 g/mol. The fourth-order valence-corrected chi connectivity index (χ4v) is 5.17. The van der Waals surface area contributed by atoms with Crippen LogP contribution < -0.4 is 9.35 Å². The molecule has 142 valence electrons. The molecule has 0 atom stereocenters. The third-order valence-corrected chi connectivity index (χ3v) is 6.90. The van der Waals surface area contributed by atoms with E-state index in [2.05, 4.69) is 40.6 Å². The van der Waals surface area contributed by atoms with Gasteiger partial charge in [-0.25, -0.2) is 0 Å². The zero-order valence-electron chi connectivity index (χ0n) is 15.9. The van der Waals surface area contributed by atoms with Gasteiger partial charge in [0, 0.05) is 0 Å². The Hall–Kier alpha value is -2.02. The molecule has 4 aromatic rings. The standard InChI is InChI=1S/C19H19AsN6OS/c1-10(2)18-21-12-7-25(8-14(12)28-18)9-15-22-17-11-5-4-6-13(27-3)16(11)23-19(20)26(17)24-15/h4-6,10H,7-9H2,1-3H3. The Balaban J connectivity index is 1.46. The number of fused-ring (bicyclic) bond motifs is 4. The molecule has 4 heterocycles. The van der Waals surface area contributed by atoms with E-state index in [9.17, 15) is 0 Å². The van der Waals surface area contributed by atoms with E-state index in [4.69, 9.17) is 19.8 Å². The molecule has 1 aromatic carbocycles. The summed E-state index contributed by atoms with van der Waals surface area (Å²) in [5.41, 5.74) is 2.83. The van der Waals surface area contributed by atoms with Crippen molar-refractivity contribution in [1.29, 1.82) is 0 Å². The van der Waals surface area contributed by atoms with Crippen LogP contribution >= 0.6 is 11.3 Å². The molecule has 1 aliphatic heterocycles. The van der Waals surface area contributed by atoms with Crippen molar-refractivity contribution in [3.8, 4) is 5.75 Å². The molecule has 0 aliphatic carbocycles. The van der Waals surface area contributed by atoms with E-state index in [1.54, 1.807) is 11.6 Å². The van der Waals surface area contributed by atoms with Gasteiger partial charge in [0.1, 0.15) is 0 Å². The molecular formula is C19H19AsN6OS. The topological polar surface area (TPSA) is 68.4 Å². The number of thiazole rings is 1. The average Bonchev–Trinajstić information content (AvgIpc) is 3.34. The molecular weight excluding hydrogens is 435 g/mol. The maximum atomic E-state index is 5.46. The summed E-state index contributed by atoms with van der Waals surface area (Å²) in [5.74, 6) is 2.03. The molecule has 0 N–H and O–H groups in total. The molecule has 0 spiro atoms. The van der Waals surface area contributed by atoms with Gasteiger partial charge in [0.2, 0.25) is 0 Å². The van der Waals surface area contributed by atoms with Crippen molar-refractivity contribution in [2.24, 2.45) is 0 Å². The number of rotatable bonds is 4. The molecule has 1 aliphatic rings. The second-order valence-corrected chi connectivity index (χ2v) is 9.21. The molecule has 7 nitrogen and oxygen atoms in total. The third-order valence-electron chi connectivity index (χ3n) is 4.91. The fraction of sp³-hybridized carbons (Fsp3) is 0.368. The summed E-state index contributed by atoms with van der Waals surface area (Å²) < 4.78 is 8.00. The summed E-state index contributed by atoms with van der Waals surface area (Å²) >= 11 is 4.30. The fourth-order valence-electron chi connectivity index (χ4n) is 3.55. The molecule has 2 radical (unpaired) electrons. The van der Waals surface area contributed by atoms with Crippen LogP contribution in [0.1, 0.15) is 41.2 Å². The van der Waals surface area contributed by atoms with E-state index in [-0.39, 0.29) is 0 Å². The molecule has 0 saturated carbocycles. The van der Waals surface area contributed by atoms with Crippen LogP contribution in [0, 0.1) is 0 Å². The molecule has 0 bridgehead atoms. The monoisotopic (exact) mass is 454 g/mol. The van der Waals surface area contributed by atoms with Crippen molar-refractivity contribution >= 4 is 49.4 Å². The second kappa shape index (κ2) is 6.79. The summed E-state index contributed by atoms with van der Waals surface area (Å²) in [6.07, 6.45) is 0. The van der Waals surface area contributed by atoms with Gasteiger partial charge in [-0.1, -0.05) is 0 Å². The van der Waals surface area contributed by atoms with Gasteiger partial charge in [-0.2, -0.15) is 0 Å². The van der Waals surface area contributed by atoms with Gasteiger partial charge in [0.15, 0.2) is 0 Å². The minimum atomic E-state index is 0.489. The molecule has 0 fully saturated rings. The van der Waals surface area contributed by atoms with E-state index >= 15 is 0 Å². The predicted octanol–water partition coefficient (Wildman–Crippen LogP) is 2.18. The van der Waals surface area contributed by atoms with Gasteiger partial charge in [0.05, 0.1) is 0 Å².